The fourth-order valence-electron chi connectivity index (χ4n) is 2.46. The van der Waals surface area contributed by atoms with Crippen LogP contribution >= 0.6 is 0 Å². The monoisotopic (exact) mass is 335 g/mol. The number of amides is 1. The Kier molecular flexibility index (Phi) is 4.95. The molecule has 5 heteroatoms. The first kappa shape index (κ1) is 16.5. The number of carbonyl (C=O) groups excluding carboxylic acids is 2. The predicted octanol–water partition coefficient (Wildman–Crippen LogP) is 3.64. The third-order valence-electron chi connectivity index (χ3n) is 3.72. The first-order chi connectivity index (χ1) is 12.2. The average molecular weight is 335 g/mol. The quantitative estimate of drug-likeness (QED) is 0.723. The molecule has 126 valence electrons. The number of benzene rings is 3. The molecule has 0 unspecified atom stereocenters. The summed E-state index contributed by atoms with van der Waals surface area (Å²) in [6.07, 6.45) is 0. The summed E-state index contributed by atoms with van der Waals surface area (Å²) in [4.78, 5) is 24.1. The minimum absolute atomic E-state index is 0.353. The third-order valence-corrected chi connectivity index (χ3v) is 3.72. The van der Waals surface area contributed by atoms with Crippen molar-refractivity contribution in [1.29, 1.82) is 0 Å². The molecule has 3 aromatic carbocycles. The van der Waals surface area contributed by atoms with Crippen LogP contribution in [0.4, 0.5) is 5.69 Å². The van der Waals surface area contributed by atoms with Crippen molar-refractivity contribution < 1.29 is 19.1 Å². The van der Waals surface area contributed by atoms with Crippen LogP contribution in [0, 0.1) is 0 Å². The Labute approximate surface area is 145 Å². The highest BCUT2D eigenvalue weighted by Gasteiger charge is 2.11. The summed E-state index contributed by atoms with van der Waals surface area (Å²) in [7, 11) is 1.55. The molecule has 0 aromatic heterocycles. The summed E-state index contributed by atoms with van der Waals surface area (Å²) in [6, 6.07) is 19.9. The van der Waals surface area contributed by atoms with E-state index in [1.807, 2.05) is 42.5 Å². The SMILES string of the molecule is COc1ccc(C(=O)OCC(=O)Nc2cccc3ccccc23)cc1. The van der Waals surface area contributed by atoms with Crippen LogP contribution in [0.15, 0.2) is 66.7 Å². The lowest BCUT2D eigenvalue weighted by atomic mass is 10.1. The Morgan fingerprint density at radius 1 is 0.920 bits per heavy atom. The number of carbonyl (C=O) groups is 2. The van der Waals surface area contributed by atoms with Crippen molar-refractivity contribution in [3.05, 3.63) is 72.3 Å². The van der Waals surface area contributed by atoms with Gasteiger partial charge in [0.2, 0.25) is 0 Å². The Balaban J connectivity index is 1.61. The van der Waals surface area contributed by atoms with Crippen molar-refractivity contribution in [2.75, 3.05) is 19.0 Å². The first-order valence-corrected chi connectivity index (χ1v) is 7.76. The number of fused-ring (bicyclic) bond motifs is 1. The normalized spacial score (nSPS) is 10.3. The van der Waals surface area contributed by atoms with Crippen LogP contribution in [-0.2, 0) is 9.53 Å². The molecule has 0 saturated heterocycles. The van der Waals surface area contributed by atoms with Gasteiger partial charge in [-0.25, -0.2) is 4.79 Å². The number of esters is 1. The summed E-state index contributed by atoms with van der Waals surface area (Å²) in [5.41, 5.74) is 1.04. The van der Waals surface area contributed by atoms with Gasteiger partial charge in [0.25, 0.3) is 5.91 Å². The van der Waals surface area contributed by atoms with Crippen LogP contribution in [-0.4, -0.2) is 25.6 Å². The Morgan fingerprint density at radius 2 is 1.64 bits per heavy atom. The van der Waals surface area contributed by atoms with Crippen LogP contribution < -0.4 is 10.1 Å². The van der Waals surface area contributed by atoms with E-state index in [1.54, 1.807) is 31.4 Å². The lowest BCUT2D eigenvalue weighted by Gasteiger charge is -2.09. The first-order valence-electron chi connectivity index (χ1n) is 7.76. The number of hydrogen-bond donors (Lipinski definition) is 1. The second kappa shape index (κ2) is 7.49. The lowest BCUT2D eigenvalue weighted by molar-refractivity contribution is -0.119. The van der Waals surface area contributed by atoms with E-state index >= 15 is 0 Å². The maximum Gasteiger partial charge on any atom is 0.338 e. The van der Waals surface area contributed by atoms with Gasteiger partial charge in [-0.15, -0.1) is 0 Å². The molecule has 3 aromatic rings. The zero-order valence-corrected chi connectivity index (χ0v) is 13.7. The fourth-order valence-corrected chi connectivity index (χ4v) is 2.46. The van der Waals surface area contributed by atoms with Crippen LogP contribution in [0.3, 0.4) is 0 Å². The van der Waals surface area contributed by atoms with E-state index in [2.05, 4.69) is 5.32 Å². The van der Waals surface area contributed by atoms with Gasteiger partial charge < -0.3 is 14.8 Å². The van der Waals surface area contributed by atoms with Gasteiger partial charge in [-0.1, -0.05) is 36.4 Å². The molecule has 0 atom stereocenters. The van der Waals surface area contributed by atoms with Crippen molar-refractivity contribution in [3.63, 3.8) is 0 Å². The van der Waals surface area contributed by atoms with Gasteiger partial charge in [0.1, 0.15) is 5.75 Å². The number of rotatable bonds is 5. The zero-order chi connectivity index (χ0) is 17.6. The number of anilines is 1. The average Bonchev–Trinajstić information content (AvgIpc) is 2.66. The summed E-state index contributed by atoms with van der Waals surface area (Å²) in [5, 5.41) is 4.73. The van der Waals surface area contributed by atoms with Crippen LogP contribution in [0.25, 0.3) is 10.8 Å². The molecule has 25 heavy (non-hydrogen) atoms. The van der Waals surface area contributed by atoms with E-state index in [1.165, 1.54) is 0 Å². The van der Waals surface area contributed by atoms with Gasteiger partial charge in [0, 0.05) is 11.1 Å². The van der Waals surface area contributed by atoms with Crippen LogP contribution in [0.5, 0.6) is 5.75 Å². The Hall–Kier alpha value is -3.34. The molecule has 0 aliphatic carbocycles. The molecule has 0 bridgehead atoms. The van der Waals surface area contributed by atoms with Gasteiger partial charge in [-0.3, -0.25) is 4.79 Å². The van der Waals surface area contributed by atoms with Crippen molar-refractivity contribution in [2.24, 2.45) is 0 Å². The van der Waals surface area contributed by atoms with Crippen LogP contribution in [0.2, 0.25) is 0 Å². The minimum atomic E-state index is -0.560. The second-order valence-corrected chi connectivity index (χ2v) is 5.38. The van der Waals surface area contributed by atoms with Crippen LogP contribution in [0.1, 0.15) is 10.4 Å². The molecular formula is C20H17NO4. The number of methoxy groups -OCH3 is 1. The lowest BCUT2D eigenvalue weighted by Crippen LogP contribution is -2.21. The topological polar surface area (TPSA) is 64.6 Å². The van der Waals surface area contributed by atoms with Gasteiger partial charge in [-0.2, -0.15) is 0 Å². The van der Waals surface area contributed by atoms with Crippen molar-refractivity contribution >= 4 is 28.3 Å². The van der Waals surface area contributed by atoms with Gasteiger partial charge in [-0.05, 0) is 35.7 Å². The van der Waals surface area contributed by atoms with E-state index in [4.69, 9.17) is 9.47 Å². The molecule has 0 spiro atoms. The zero-order valence-electron chi connectivity index (χ0n) is 13.7. The van der Waals surface area contributed by atoms with Gasteiger partial charge in [0.05, 0.1) is 12.7 Å². The van der Waals surface area contributed by atoms with E-state index in [0.29, 0.717) is 17.0 Å². The van der Waals surface area contributed by atoms with Gasteiger partial charge >= 0.3 is 5.97 Å². The molecular weight excluding hydrogens is 318 g/mol. The van der Waals surface area contributed by atoms with E-state index in [-0.39, 0.29) is 6.61 Å². The summed E-state index contributed by atoms with van der Waals surface area (Å²) in [6.45, 7) is -0.353. The Morgan fingerprint density at radius 3 is 2.40 bits per heavy atom. The van der Waals surface area contributed by atoms with Crippen molar-refractivity contribution in [3.8, 4) is 5.75 Å². The molecule has 0 aliphatic heterocycles. The highest BCUT2D eigenvalue weighted by molar-refractivity contribution is 6.03. The van der Waals surface area contributed by atoms with Crippen molar-refractivity contribution in [2.45, 2.75) is 0 Å². The molecule has 0 saturated carbocycles. The summed E-state index contributed by atoms with van der Waals surface area (Å²) < 4.78 is 10.1. The third kappa shape index (κ3) is 3.95. The molecule has 0 aliphatic rings. The molecule has 5 nitrogen and oxygen atoms in total. The maximum absolute atomic E-state index is 12.1. The fraction of sp³-hybridized carbons (Fsp3) is 0.100. The highest BCUT2D eigenvalue weighted by Crippen LogP contribution is 2.22. The second-order valence-electron chi connectivity index (χ2n) is 5.38. The number of hydrogen-bond acceptors (Lipinski definition) is 4. The minimum Gasteiger partial charge on any atom is -0.497 e. The van der Waals surface area contributed by atoms with E-state index in [0.717, 1.165) is 10.8 Å². The van der Waals surface area contributed by atoms with Gasteiger partial charge in [0.15, 0.2) is 6.61 Å². The van der Waals surface area contributed by atoms with Crippen molar-refractivity contribution in [1.82, 2.24) is 0 Å². The highest BCUT2D eigenvalue weighted by atomic mass is 16.5. The molecule has 0 fully saturated rings. The Bertz CT molecular complexity index is 898. The predicted molar refractivity (Wildman–Crippen MR) is 95.9 cm³/mol. The summed E-state index contributed by atoms with van der Waals surface area (Å²) >= 11 is 0. The largest absolute Gasteiger partial charge is 0.497 e. The van der Waals surface area contributed by atoms with E-state index in [9.17, 15) is 9.59 Å². The smallest absolute Gasteiger partial charge is 0.338 e. The molecule has 3 rings (SSSR count). The molecule has 0 heterocycles. The number of ether oxygens (including phenoxy) is 2. The molecule has 1 amide bonds. The van der Waals surface area contributed by atoms with E-state index < -0.39 is 11.9 Å². The maximum atomic E-state index is 12.1. The molecule has 0 radical (unpaired) electrons. The number of nitrogens with one attached hydrogen (secondary N) is 1. The standard InChI is InChI=1S/C20H17NO4/c1-24-16-11-9-15(10-12-16)20(23)25-13-19(22)21-18-8-4-6-14-5-2-3-7-17(14)18/h2-12H,13H2,1H3,(H,21,22). The molecule has 1 N–H and O–H groups in total. The summed E-state index contributed by atoms with van der Waals surface area (Å²) in [5.74, 6) is -0.306.